The van der Waals surface area contributed by atoms with Gasteiger partial charge in [-0.3, -0.25) is 4.79 Å². The number of halogens is 1. The number of ether oxygens (including phenoxy) is 4. The molecule has 0 aromatic heterocycles. The lowest BCUT2D eigenvalue weighted by atomic mass is 10.2. The number of benzene rings is 2. The zero-order chi connectivity index (χ0) is 20.5. The maximum absolute atomic E-state index is 11.9. The van der Waals surface area contributed by atoms with Crippen molar-refractivity contribution in [2.75, 3.05) is 27.4 Å². The van der Waals surface area contributed by atoms with Crippen molar-refractivity contribution < 1.29 is 28.5 Å². The smallest absolute Gasteiger partial charge is 0.344 e. The van der Waals surface area contributed by atoms with Gasteiger partial charge in [-0.25, -0.2) is 4.79 Å². The molecule has 0 aliphatic rings. The molecule has 0 heterocycles. The van der Waals surface area contributed by atoms with Crippen molar-refractivity contribution in [2.24, 2.45) is 0 Å². The van der Waals surface area contributed by atoms with Crippen LogP contribution in [0.4, 0.5) is 0 Å². The quantitative estimate of drug-likeness (QED) is 0.643. The molecule has 28 heavy (non-hydrogen) atoms. The first-order chi connectivity index (χ1) is 13.4. The van der Waals surface area contributed by atoms with Crippen molar-refractivity contribution in [3.63, 3.8) is 0 Å². The molecule has 2 rings (SSSR count). The van der Waals surface area contributed by atoms with Crippen molar-refractivity contribution >= 4 is 23.5 Å². The van der Waals surface area contributed by atoms with Gasteiger partial charge in [-0.2, -0.15) is 0 Å². The first-order valence-corrected chi connectivity index (χ1v) is 8.83. The molecule has 0 atom stereocenters. The summed E-state index contributed by atoms with van der Waals surface area (Å²) in [7, 11) is 3.08. The van der Waals surface area contributed by atoms with Crippen LogP contribution in [-0.2, 0) is 20.9 Å². The minimum absolute atomic E-state index is 0.261. The van der Waals surface area contributed by atoms with E-state index in [1.165, 1.54) is 7.11 Å². The molecule has 0 spiro atoms. The SMILES string of the molecule is COc1ccc(CNC(=O)COC(=O)COc2ccc(Cl)c(C)c2)cc1OC. The van der Waals surface area contributed by atoms with E-state index in [0.29, 0.717) is 22.3 Å². The second-order valence-corrected chi connectivity index (χ2v) is 6.23. The number of carbonyl (C=O) groups excluding carboxylic acids is 2. The third kappa shape index (κ3) is 6.35. The molecule has 2 aromatic rings. The van der Waals surface area contributed by atoms with Gasteiger partial charge in [0.1, 0.15) is 5.75 Å². The summed E-state index contributed by atoms with van der Waals surface area (Å²) in [5.41, 5.74) is 1.65. The molecule has 0 bridgehead atoms. The molecule has 0 aliphatic heterocycles. The van der Waals surface area contributed by atoms with E-state index in [1.54, 1.807) is 43.5 Å². The average Bonchev–Trinajstić information content (AvgIpc) is 2.71. The van der Waals surface area contributed by atoms with Crippen LogP contribution in [0.3, 0.4) is 0 Å². The van der Waals surface area contributed by atoms with Crippen LogP contribution in [0.5, 0.6) is 17.2 Å². The van der Waals surface area contributed by atoms with E-state index in [9.17, 15) is 9.59 Å². The average molecular weight is 408 g/mol. The lowest BCUT2D eigenvalue weighted by Crippen LogP contribution is -2.29. The summed E-state index contributed by atoms with van der Waals surface area (Å²) in [5, 5.41) is 3.27. The summed E-state index contributed by atoms with van der Waals surface area (Å²) in [6, 6.07) is 10.3. The van der Waals surface area contributed by atoms with Crippen LogP contribution in [0.2, 0.25) is 5.02 Å². The highest BCUT2D eigenvalue weighted by atomic mass is 35.5. The Morgan fingerprint density at radius 2 is 1.75 bits per heavy atom. The van der Waals surface area contributed by atoms with E-state index in [-0.39, 0.29) is 13.2 Å². The largest absolute Gasteiger partial charge is 0.493 e. The van der Waals surface area contributed by atoms with Crippen LogP contribution < -0.4 is 19.5 Å². The van der Waals surface area contributed by atoms with Crippen LogP contribution in [0.15, 0.2) is 36.4 Å². The van der Waals surface area contributed by atoms with E-state index >= 15 is 0 Å². The van der Waals surface area contributed by atoms with Gasteiger partial charge >= 0.3 is 5.97 Å². The van der Waals surface area contributed by atoms with Gasteiger partial charge in [-0.1, -0.05) is 17.7 Å². The third-order valence-electron chi connectivity index (χ3n) is 3.79. The number of esters is 1. The molecule has 7 nitrogen and oxygen atoms in total. The lowest BCUT2D eigenvalue weighted by Gasteiger charge is -2.11. The number of hydrogen-bond donors (Lipinski definition) is 1. The monoisotopic (exact) mass is 407 g/mol. The summed E-state index contributed by atoms with van der Waals surface area (Å²) < 4.78 is 20.6. The van der Waals surface area contributed by atoms with Crippen molar-refractivity contribution in [1.82, 2.24) is 5.32 Å². The third-order valence-corrected chi connectivity index (χ3v) is 4.21. The van der Waals surface area contributed by atoms with Crippen LogP contribution >= 0.6 is 11.6 Å². The second kappa shape index (κ2) is 10.4. The van der Waals surface area contributed by atoms with Crippen LogP contribution in [0.25, 0.3) is 0 Å². The van der Waals surface area contributed by atoms with Gasteiger partial charge in [0, 0.05) is 11.6 Å². The molecule has 1 N–H and O–H groups in total. The highest BCUT2D eigenvalue weighted by Gasteiger charge is 2.10. The van der Waals surface area contributed by atoms with Crippen LogP contribution in [-0.4, -0.2) is 39.3 Å². The van der Waals surface area contributed by atoms with E-state index in [1.807, 2.05) is 6.92 Å². The fraction of sp³-hybridized carbons (Fsp3) is 0.300. The molecule has 0 fully saturated rings. The predicted octanol–water partition coefficient (Wildman–Crippen LogP) is 2.90. The van der Waals surface area contributed by atoms with E-state index in [2.05, 4.69) is 5.32 Å². The molecule has 0 saturated heterocycles. The van der Waals surface area contributed by atoms with Gasteiger partial charge in [-0.05, 0) is 48.4 Å². The Hall–Kier alpha value is -2.93. The van der Waals surface area contributed by atoms with Crippen molar-refractivity contribution in [3.8, 4) is 17.2 Å². The summed E-state index contributed by atoms with van der Waals surface area (Å²) in [5.74, 6) is 0.591. The first kappa shape index (κ1) is 21.4. The maximum Gasteiger partial charge on any atom is 0.344 e. The minimum atomic E-state index is -0.645. The van der Waals surface area contributed by atoms with E-state index in [4.69, 9.17) is 30.5 Å². The zero-order valence-corrected chi connectivity index (χ0v) is 16.7. The standard InChI is InChI=1S/C20H22ClNO6/c1-13-8-15(5-6-16(13)21)27-12-20(24)28-11-19(23)22-10-14-4-7-17(25-2)18(9-14)26-3/h4-9H,10-12H2,1-3H3,(H,22,23). The second-order valence-electron chi connectivity index (χ2n) is 5.83. The Morgan fingerprint density at radius 1 is 1.00 bits per heavy atom. The molecule has 2 aromatic carbocycles. The molecule has 0 radical (unpaired) electrons. The predicted molar refractivity (Wildman–Crippen MR) is 104 cm³/mol. The highest BCUT2D eigenvalue weighted by Crippen LogP contribution is 2.27. The maximum atomic E-state index is 11.9. The van der Waals surface area contributed by atoms with Gasteiger partial charge in [0.25, 0.3) is 5.91 Å². The number of methoxy groups -OCH3 is 2. The Morgan fingerprint density at radius 3 is 2.43 bits per heavy atom. The van der Waals surface area contributed by atoms with Gasteiger partial charge in [0.2, 0.25) is 0 Å². The Labute approximate surface area is 168 Å². The fourth-order valence-corrected chi connectivity index (χ4v) is 2.40. The first-order valence-electron chi connectivity index (χ1n) is 8.45. The number of rotatable bonds is 9. The van der Waals surface area contributed by atoms with E-state index < -0.39 is 18.5 Å². The Bertz CT molecular complexity index is 839. The summed E-state index contributed by atoms with van der Waals surface area (Å²) in [6.07, 6.45) is 0. The van der Waals surface area contributed by atoms with Gasteiger partial charge in [-0.15, -0.1) is 0 Å². The Kier molecular flexibility index (Phi) is 7.95. The number of aryl methyl sites for hydroxylation is 1. The molecular weight excluding hydrogens is 386 g/mol. The molecular formula is C20H22ClNO6. The number of carbonyl (C=O) groups is 2. The molecule has 1 amide bonds. The molecule has 0 saturated carbocycles. The van der Waals surface area contributed by atoms with Crippen molar-refractivity contribution in [3.05, 3.63) is 52.5 Å². The summed E-state index contributed by atoms with van der Waals surface area (Å²) in [6.45, 7) is 1.40. The van der Waals surface area contributed by atoms with Crippen LogP contribution in [0.1, 0.15) is 11.1 Å². The minimum Gasteiger partial charge on any atom is -0.493 e. The molecule has 0 aliphatic carbocycles. The van der Waals surface area contributed by atoms with Gasteiger partial charge in [0.05, 0.1) is 14.2 Å². The van der Waals surface area contributed by atoms with E-state index in [0.717, 1.165) is 11.1 Å². The van der Waals surface area contributed by atoms with Crippen LogP contribution in [0, 0.1) is 6.92 Å². The molecule has 0 unspecified atom stereocenters. The lowest BCUT2D eigenvalue weighted by molar-refractivity contribution is -0.150. The van der Waals surface area contributed by atoms with Gasteiger partial charge in [0.15, 0.2) is 24.7 Å². The molecule has 8 heteroatoms. The normalized spacial score (nSPS) is 10.1. The summed E-state index contributed by atoms with van der Waals surface area (Å²) >= 11 is 5.93. The van der Waals surface area contributed by atoms with Gasteiger partial charge < -0.3 is 24.3 Å². The summed E-state index contributed by atoms with van der Waals surface area (Å²) in [4.78, 5) is 23.6. The molecule has 150 valence electrons. The fourth-order valence-electron chi connectivity index (χ4n) is 2.28. The number of nitrogens with one attached hydrogen (secondary N) is 1. The van der Waals surface area contributed by atoms with Crippen molar-refractivity contribution in [1.29, 1.82) is 0 Å². The number of hydrogen-bond acceptors (Lipinski definition) is 6. The number of amides is 1. The zero-order valence-electron chi connectivity index (χ0n) is 15.9. The highest BCUT2D eigenvalue weighted by molar-refractivity contribution is 6.31. The topological polar surface area (TPSA) is 83.1 Å². The van der Waals surface area contributed by atoms with Crippen molar-refractivity contribution in [2.45, 2.75) is 13.5 Å². The Balaban J connectivity index is 1.73.